The first kappa shape index (κ1) is 13.1. The van der Waals surface area contributed by atoms with E-state index in [0.717, 1.165) is 31.9 Å². The molecule has 0 spiro atoms. The molecule has 0 bridgehead atoms. The van der Waals surface area contributed by atoms with Crippen LogP contribution in [0.15, 0.2) is 23.2 Å². The van der Waals surface area contributed by atoms with E-state index in [1.165, 1.54) is 5.56 Å². The molecule has 1 aromatic rings. The molecule has 1 aliphatic heterocycles. The lowest BCUT2D eigenvalue weighted by molar-refractivity contribution is 0.445. The van der Waals surface area contributed by atoms with Gasteiger partial charge in [0.05, 0.1) is 10.0 Å². The number of halogens is 2. The smallest absolute Gasteiger partial charge is 0.193 e. The third kappa shape index (κ3) is 2.82. The summed E-state index contributed by atoms with van der Waals surface area (Å²) in [5.41, 5.74) is 1.26. The second-order valence-electron chi connectivity index (χ2n) is 5.25. The van der Waals surface area contributed by atoms with Crippen molar-refractivity contribution in [3.05, 3.63) is 33.8 Å². The van der Waals surface area contributed by atoms with Crippen LogP contribution in [0.5, 0.6) is 0 Å². The monoisotopic (exact) mass is 297 g/mol. The molecule has 0 unspecified atom stereocenters. The maximum atomic E-state index is 6.06. The maximum absolute atomic E-state index is 6.06. The Bertz CT molecular complexity index is 515. The molecule has 0 amide bonds. The van der Waals surface area contributed by atoms with Crippen molar-refractivity contribution in [3.8, 4) is 0 Å². The van der Waals surface area contributed by atoms with Gasteiger partial charge in [0.1, 0.15) is 0 Å². The highest BCUT2D eigenvalue weighted by Crippen LogP contribution is 2.42. The number of nitrogens with zero attached hydrogens (tertiary/aromatic N) is 2. The average Bonchev–Trinajstić information content (AvgIpc) is 3.15. The normalized spacial score (nSPS) is 26.1. The van der Waals surface area contributed by atoms with Gasteiger partial charge in [-0.1, -0.05) is 29.3 Å². The lowest BCUT2D eigenvalue weighted by atomic mass is 10.1. The van der Waals surface area contributed by atoms with Gasteiger partial charge in [0.15, 0.2) is 5.96 Å². The van der Waals surface area contributed by atoms with Gasteiger partial charge in [-0.05, 0) is 30.5 Å². The molecule has 3 rings (SSSR count). The zero-order chi connectivity index (χ0) is 13.4. The van der Waals surface area contributed by atoms with Gasteiger partial charge in [-0.25, -0.2) is 0 Å². The highest BCUT2D eigenvalue weighted by Gasteiger charge is 2.39. The molecule has 0 radical (unpaired) electrons. The summed E-state index contributed by atoms with van der Waals surface area (Å²) in [6, 6.07) is 6.38. The molecule has 1 heterocycles. The second-order valence-corrected chi connectivity index (χ2v) is 6.06. The topological polar surface area (TPSA) is 27.6 Å². The Morgan fingerprint density at radius 3 is 2.89 bits per heavy atom. The summed E-state index contributed by atoms with van der Waals surface area (Å²) in [4.78, 5) is 6.72. The molecule has 0 saturated heterocycles. The van der Waals surface area contributed by atoms with E-state index in [4.69, 9.17) is 23.2 Å². The Hall–Kier alpha value is -0.930. The minimum absolute atomic E-state index is 0.469. The number of nitrogens with one attached hydrogen (secondary N) is 1. The van der Waals surface area contributed by atoms with E-state index in [1.54, 1.807) is 0 Å². The Balaban J connectivity index is 1.64. The third-order valence-electron chi connectivity index (χ3n) is 3.75. The van der Waals surface area contributed by atoms with Crippen molar-refractivity contribution >= 4 is 29.2 Å². The summed E-state index contributed by atoms with van der Waals surface area (Å²) in [6.45, 7) is 2.01. The number of guanidine groups is 1. The van der Waals surface area contributed by atoms with Crippen LogP contribution in [-0.4, -0.2) is 37.0 Å². The van der Waals surface area contributed by atoms with Crippen LogP contribution in [0.25, 0.3) is 0 Å². The number of rotatable bonds is 2. The van der Waals surface area contributed by atoms with E-state index in [0.29, 0.717) is 22.0 Å². The summed E-state index contributed by atoms with van der Waals surface area (Å²) >= 11 is 12.0. The number of hydrogen-bond donors (Lipinski definition) is 1. The fourth-order valence-corrected chi connectivity index (χ4v) is 2.81. The lowest BCUT2D eigenvalue weighted by Gasteiger charge is -2.25. The lowest BCUT2D eigenvalue weighted by Crippen LogP contribution is -2.43. The minimum Gasteiger partial charge on any atom is -0.353 e. The summed E-state index contributed by atoms with van der Waals surface area (Å²) < 4.78 is 0. The molecule has 0 aromatic heterocycles. The molecule has 1 aliphatic carbocycles. The second kappa shape index (κ2) is 5.22. The van der Waals surface area contributed by atoms with Crippen molar-refractivity contribution in [2.24, 2.45) is 4.99 Å². The highest BCUT2D eigenvalue weighted by atomic mass is 35.5. The van der Waals surface area contributed by atoms with Crippen LogP contribution >= 0.6 is 23.2 Å². The molecular formula is C14H17Cl2N3. The van der Waals surface area contributed by atoms with E-state index < -0.39 is 0 Å². The predicted octanol–water partition coefficient (Wildman–Crippen LogP) is 3.13. The van der Waals surface area contributed by atoms with Gasteiger partial charge in [0.25, 0.3) is 0 Å². The molecule has 2 aliphatic rings. The van der Waals surface area contributed by atoms with Gasteiger partial charge < -0.3 is 10.2 Å². The van der Waals surface area contributed by atoms with E-state index in [1.807, 2.05) is 12.1 Å². The molecular weight excluding hydrogens is 281 g/mol. The van der Waals surface area contributed by atoms with Crippen LogP contribution in [0.2, 0.25) is 10.0 Å². The van der Waals surface area contributed by atoms with Crippen LogP contribution in [0, 0.1) is 0 Å². The largest absolute Gasteiger partial charge is 0.353 e. The third-order valence-corrected chi connectivity index (χ3v) is 4.49. The molecule has 2 atom stereocenters. The quantitative estimate of drug-likeness (QED) is 0.908. The van der Waals surface area contributed by atoms with Gasteiger partial charge in [0, 0.05) is 32.1 Å². The van der Waals surface area contributed by atoms with Crippen LogP contribution in [0.3, 0.4) is 0 Å². The zero-order valence-electron chi connectivity index (χ0n) is 10.9. The molecule has 102 valence electrons. The number of aliphatic imine (C=N–C) groups is 1. The van der Waals surface area contributed by atoms with Crippen LogP contribution in [0.4, 0.5) is 0 Å². The van der Waals surface area contributed by atoms with Gasteiger partial charge in [0.2, 0.25) is 0 Å². The number of benzene rings is 1. The van der Waals surface area contributed by atoms with E-state index in [2.05, 4.69) is 28.3 Å². The molecule has 1 fully saturated rings. The van der Waals surface area contributed by atoms with E-state index in [9.17, 15) is 0 Å². The Morgan fingerprint density at radius 1 is 1.32 bits per heavy atom. The van der Waals surface area contributed by atoms with Gasteiger partial charge in [-0.3, -0.25) is 4.99 Å². The fourth-order valence-electron chi connectivity index (χ4n) is 2.51. The predicted molar refractivity (Wildman–Crippen MR) is 80.3 cm³/mol. The van der Waals surface area contributed by atoms with Crippen LogP contribution in [0.1, 0.15) is 24.3 Å². The van der Waals surface area contributed by atoms with Gasteiger partial charge in [-0.15, -0.1) is 0 Å². The molecule has 1 N–H and O–H groups in total. The molecule has 1 aromatic carbocycles. The zero-order valence-corrected chi connectivity index (χ0v) is 12.4. The van der Waals surface area contributed by atoms with E-state index >= 15 is 0 Å². The Morgan fingerprint density at radius 2 is 2.16 bits per heavy atom. The fraction of sp³-hybridized carbons (Fsp3) is 0.500. The number of hydrogen-bond acceptors (Lipinski definition) is 3. The van der Waals surface area contributed by atoms with Crippen molar-refractivity contribution in [1.82, 2.24) is 10.2 Å². The van der Waals surface area contributed by atoms with Crippen molar-refractivity contribution in [2.45, 2.75) is 24.8 Å². The van der Waals surface area contributed by atoms with E-state index in [-0.39, 0.29) is 0 Å². The maximum Gasteiger partial charge on any atom is 0.193 e. The van der Waals surface area contributed by atoms with Crippen molar-refractivity contribution in [3.63, 3.8) is 0 Å². The summed E-state index contributed by atoms with van der Waals surface area (Å²) in [7, 11) is 2.08. The van der Waals surface area contributed by atoms with Crippen molar-refractivity contribution in [1.29, 1.82) is 0 Å². The Kier molecular flexibility index (Phi) is 3.59. The SMILES string of the molecule is CN1CCCN=C1N[C@@H]1C[C@H]1c1ccc(Cl)c(Cl)c1. The standard InChI is InChI=1S/C14H17Cl2N3/c1-19-6-2-5-17-14(19)18-13-8-10(13)9-3-4-11(15)12(16)7-9/h3-4,7,10,13H,2,5-6,8H2,1H3,(H,17,18)/t10-,13+/m0/s1. The first-order valence-electron chi connectivity index (χ1n) is 6.62. The molecule has 5 heteroatoms. The van der Waals surface area contributed by atoms with Crippen molar-refractivity contribution < 1.29 is 0 Å². The minimum atomic E-state index is 0.469. The summed E-state index contributed by atoms with van der Waals surface area (Å²) in [5, 5.41) is 4.78. The van der Waals surface area contributed by atoms with Crippen LogP contribution in [-0.2, 0) is 0 Å². The first-order chi connectivity index (χ1) is 9.15. The molecule has 19 heavy (non-hydrogen) atoms. The molecule has 3 nitrogen and oxygen atoms in total. The van der Waals surface area contributed by atoms with Crippen LogP contribution < -0.4 is 5.32 Å². The highest BCUT2D eigenvalue weighted by molar-refractivity contribution is 6.42. The Labute approximate surface area is 123 Å². The van der Waals surface area contributed by atoms with Gasteiger partial charge in [-0.2, -0.15) is 0 Å². The average molecular weight is 298 g/mol. The first-order valence-corrected chi connectivity index (χ1v) is 7.38. The van der Waals surface area contributed by atoms with Crippen molar-refractivity contribution in [2.75, 3.05) is 20.1 Å². The molecule has 1 saturated carbocycles. The van der Waals surface area contributed by atoms with Gasteiger partial charge >= 0.3 is 0 Å². The summed E-state index contributed by atoms with van der Waals surface area (Å²) in [6.07, 6.45) is 2.27. The summed E-state index contributed by atoms with van der Waals surface area (Å²) in [5.74, 6) is 1.55.